The molecule has 2 rings (SSSR count). The molecule has 0 spiro atoms. The molecule has 0 aromatic carbocycles. The number of carbonyl (C=O) groups excluding carboxylic acids is 1. The largest absolute Gasteiger partial charge is 0.408 e. The van der Waals surface area contributed by atoms with Crippen molar-refractivity contribution >= 4 is 18.3 Å². The maximum absolute atomic E-state index is 13.3. The molecule has 0 heterocycles. The zero-order valence-electron chi connectivity index (χ0n) is 12.7. The van der Waals surface area contributed by atoms with Gasteiger partial charge in [0.2, 0.25) is 5.91 Å². The molecule has 1 amide bonds. The molecule has 0 aromatic rings. The molecule has 0 bridgehead atoms. The number of carbonyl (C=O) groups is 1. The summed E-state index contributed by atoms with van der Waals surface area (Å²) in [5.74, 6) is -1.23. The molecule has 2 aliphatic carbocycles. The summed E-state index contributed by atoms with van der Waals surface area (Å²) in [6, 6.07) is -1.69. The topological polar surface area (TPSA) is 55.1 Å². The van der Waals surface area contributed by atoms with Gasteiger partial charge in [0, 0.05) is 5.92 Å². The summed E-state index contributed by atoms with van der Waals surface area (Å²) >= 11 is 0. The molecule has 2 fully saturated rings. The van der Waals surface area contributed by atoms with Crippen LogP contribution in [0.5, 0.6) is 0 Å². The third-order valence-electron chi connectivity index (χ3n) is 5.07. The average Bonchev–Trinajstić information content (AvgIpc) is 2.92. The number of nitrogens with two attached hydrogens (primary N) is 1. The molecule has 2 saturated carbocycles. The van der Waals surface area contributed by atoms with Gasteiger partial charge in [-0.2, -0.15) is 13.2 Å². The van der Waals surface area contributed by atoms with Crippen molar-refractivity contribution in [1.82, 2.24) is 5.32 Å². The predicted octanol–water partition coefficient (Wildman–Crippen LogP) is 3.41. The van der Waals surface area contributed by atoms with E-state index in [1.165, 1.54) is 0 Å². The third kappa shape index (κ3) is 4.75. The number of hydrogen-bond donors (Lipinski definition) is 2. The molecule has 0 aromatic heterocycles. The minimum Gasteiger partial charge on any atom is -0.344 e. The van der Waals surface area contributed by atoms with E-state index in [0.717, 1.165) is 32.1 Å². The van der Waals surface area contributed by atoms with Crippen molar-refractivity contribution in [1.29, 1.82) is 0 Å². The standard InChI is InChI=1S/C15H25F3N2O.ClH/c16-15(17,18)13(10-5-2-1-3-6-10)20-14(21)12-8-4-7-11(12)9-19;/h10-13H,1-9,19H2,(H,20,21);1H/t11-,12-,13?;/m1./s1. The second-order valence-corrected chi connectivity index (χ2v) is 6.46. The normalized spacial score (nSPS) is 28.0. The second-order valence-electron chi connectivity index (χ2n) is 6.46. The van der Waals surface area contributed by atoms with E-state index in [4.69, 9.17) is 5.73 Å². The number of halogens is 4. The minimum absolute atomic E-state index is 0. The first-order chi connectivity index (χ1) is 9.93. The van der Waals surface area contributed by atoms with Crippen LogP contribution >= 0.6 is 12.4 Å². The Balaban J connectivity index is 0.00000242. The van der Waals surface area contributed by atoms with E-state index in [9.17, 15) is 18.0 Å². The smallest absolute Gasteiger partial charge is 0.344 e. The SMILES string of the molecule is Cl.NC[C@H]1CCC[C@H]1C(=O)NC(C1CCCCC1)C(F)(F)F. The summed E-state index contributed by atoms with van der Waals surface area (Å²) in [6.45, 7) is 0.373. The molecule has 22 heavy (non-hydrogen) atoms. The van der Waals surface area contributed by atoms with Crippen LogP contribution in [-0.2, 0) is 4.79 Å². The molecule has 3 atom stereocenters. The Morgan fingerprint density at radius 1 is 1.09 bits per heavy atom. The lowest BCUT2D eigenvalue weighted by Crippen LogP contribution is -2.52. The van der Waals surface area contributed by atoms with Crippen molar-refractivity contribution in [2.45, 2.75) is 63.6 Å². The molecule has 2 aliphatic rings. The van der Waals surface area contributed by atoms with Gasteiger partial charge in [0.05, 0.1) is 0 Å². The Bertz CT molecular complexity index is 359. The molecule has 0 aliphatic heterocycles. The van der Waals surface area contributed by atoms with Gasteiger partial charge < -0.3 is 11.1 Å². The van der Waals surface area contributed by atoms with E-state index in [1.807, 2.05) is 0 Å². The molecule has 3 nitrogen and oxygen atoms in total. The summed E-state index contributed by atoms with van der Waals surface area (Å²) in [6.07, 6.45) is 1.74. The minimum atomic E-state index is -4.37. The highest BCUT2D eigenvalue weighted by Crippen LogP contribution is 2.36. The summed E-state index contributed by atoms with van der Waals surface area (Å²) in [5.41, 5.74) is 5.62. The quantitative estimate of drug-likeness (QED) is 0.822. The highest BCUT2D eigenvalue weighted by molar-refractivity contribution is 5.85. The monoisotopic (exact) mass is 342 g/mol. The second kappa shape index (κ2) is 8.39. The Morgan fingerprint density at radius 3 is 2.27 bits per heavy atom. The van der Waals surface area contributed by atoms with E-state index in [-0.39, 0.29) is 24.2 Å². The number of amides is 1. The number of hydrogen-bond acceptors (Lipinski definition) is 2. The van der Waals surface area contributed by atoms with Crippen molar-refractivity contribution in [3.8, 4) is 0 Å². The van der Waals surface area contributed by atoms with Crippen molar-refractivity contribution in [3.63, 3.8) is 0 Å². The highest BCUT2D eigenvalue weighted by atomic mass is 35.5. The lowest BCUT2D eigenvalue weighted by molar-refractivity contribution is -0.175. The van der Waals surface area contributed by atoms with Gasteiger partial charge in [0.1, 0.15) is 6.04 Å². The van der Waals surface area contributed by atoms with Crippen LogP contribution < -0.4 is 11.1 Å². The zero-order chi connectivity index (χ0) is 15.5. The fourth-order valence-electron chi connectivity index (χ4n) is 3.86. The Kier molecular flexibility index (Phi) is 7.46. The average molecular weight is 343 g/mol. The van der Waals surface area contributed by atoms with Gasteiger partial charge in [-0.3, -0.25) is 4.79 Å². The van der Waals surface area contributed by atoms with Gasteiger partial charge in [0.15, 0.2) is 0 Å². The Hall–Kier alpha value is -0.490. The molecular formula is C15H26ClF3N2O. The van der Waals surface area contributed by atoms with E-state index in [2.05, 4.69) is 5.32 Å². The van der Waals surface area contributed by atoms with Crippen LogP contribution in [0.25, 0.3) is 0 Å². The predicted molar refractivity (Wildman–Crippen MR) is 81.7 cm³/mol. The fraction of sp³-hybridized carbons (Fsp3) is 0.933. The van der Waals surface area contributed by atoms with Crippen LogP contribution in [0.2, 0.25) is 0 Å². The molecular weight excluding hydrogens is 317 g/mol. The van der Waals surface area contributed by atoms with Gasteiger partial charge in [-0.15, -0.1) is 12.4 Å². The number of nitrogens with one attached hydrogen (secondary N) is 1. The van der Waals surface area contributed by atoms with Gasteiger partial charge in [-0.25, -0.2) is 0 Å². The summed E-state index contributed by atoms with van der Waals surface area (Å²) in [4.78, 5) is 12.2. The van der Waals surface area contributed by atoms with E-state index in [1.54, 1.807) is 0 Å². The van der Waals surface area contributed by atoms with Crippen molar-refractivity contribution < 1.29 is 18.0 Å². The van der Waals surface area contributed by atoms with Gasteiger partial charge in [0.25, 0.3) is 0 Å². The lowest BCUT2D eigenvalue weighted by atomic mass is 9.83. The number of rotatable bonds is 4. The first kappa shape index (κ1) is 19.6. The molecule has 0 radical (unpaired) electrons. The summed E-state index contributed by atoms with van der Waals surface area (Å²) in [7, 11) is 0. The highest BCUT2D eigenvalue weighted by Gasteiger charge is 2.47. The van der Waals surface area contributed by atoms with Crippen molar-refractivity contribution in [3.05, 3.63) is 0 Å². The van der Waals surface area contributed by atoms with Crippen LogP contribution in [0, 0.1) is 17.8 Å². The van der Waals surface area contributed by atoms with Crippen LogP contribution in [-0.4, -0.2) is 24.7 Å². The van der Waals surface area contributed by atoms with Crippen LogP contribution in [0.4, 0.5) is 13.2 Å². The fourth-order valence-corrected chi connectivity index (χ4v) is 3.86. The number of alkyl halides is 3. The third-order valence-corrected chi connectivity index (χ3v) is 5.07. The van der Waals surface area contributed by atoms with Crippen LogP contribution in [0.1, 0.15) is 51.4 Å². The van der Waals surface area contributed by atoms with E-state index >= 15 is 0 Å². The maximum Gasteiger partial charge on any atom is 0.408 e. The van der Waals surface area contributed by atoms with Crippen molar-refractivity contribution in [2.24, 2.45) is 23.5 Å². The van der Waals surface area contributed by atoms with Crippen LogP contribution in [0.15, 0.2) is 0 Å². The van der Waals surface area contributed by atoms with Crippen LogP contribution in [0.3, 0.4) is 0 Å². The van der Waals surface area contributed by atoms with E-state index in [0.29, 0.717) is 25.8 Å². The zero-order valence-corrected chi connectivity index (χ0v) is 13.5. The van der Waals surface area contributed by atoms with Gasteiger partial charge in [-0.05, 0) is 44.1 Å². The van der Waals surface area contributed by atoms with Gasteiger partial charge in [-0.1, -0.05) is 25.7 Å². The molecule has 1 unspecified atom stereocenters. The molecule has 3 N–H and O–H groups in total. The Morgan fingerprint density at radius 2 is 1.73 bits per heavy atom. The summed E-state index contributed by atoms with van der Waals surface area (Å²) < 4.78 is 39.9. The molecule has 130 valence electrons. The maximum atomic E-state index is 13.3. The van der Waals surface area contributed by atoms with Gasteiger partial charge >= 0.3 is 6.18 Å². The summed E-state index contributed by atoms with van der Waals surface area (Å²) in [5, 5.41) is 2.31. The molecule has 0 saturated heterocycles. The first-order valence-electron chi connectivity index (χ1n) is 8.00. The first-order valence-corrected chi connectivity index (χ1v) is 8.00. The van der Waals surface area contributed by atoms with E-state index < -0.39 is 24.0 Å². The molecule has 7 heteroatoms. The Labute approximate surface area is 136 Å². The lowest BCUT2D eigenvalue weighted by Gasteiger charge is -2.33. The van der Waals surface area contributed by atoms with Crippen molar-refractivity contribution in [2.75, 3.05) is 6.54 Å².